The number of carbonyl (C=O) groups excluding carboxylic acids is 3. The van der Waals surface area contributed by atoms with Crippen LogP contribution in [-0.2, 0) is 14.3 Å². The molecule has 2 aliphatic heterocycles. The van der Waals surface area contributed by atoms with E-state index in [9.17, 15) is 19.6 Å². The van der Waals surface area contributed by atoms with Crippen molar-refractivity contribution in [1.29, 1.82) is 5.26 Å². The number of hydrogen-bond acceptors (Lipinski definition) is 6. The molecule has 3 amide bonds. The number of nitriles is 1. The number of nitrogens with zero attached hydrogens (tertiary/aromatic N) is 4. The summed E-state index contributed by atoms with van der Waals surface area (Å²) in [6.45, 7) is 1.53. The third kappa shape index (κ3) is 4.66. The highest BCUT2D eigenvalue weighted by atomic mass is 35.5. The second kappa shape index (κ2) is 10.5. The third-order valence-electron chi connectivity index (χ3n) is 7.01. The number of rotatable bonds is 7. The smallest absolute Gasteiger partial charge is 0.332 e. The van der Waals surface area contributed by atoms with Gasteiger partial charge >= 0.3 is 12.0 Å². The molecule has 0 aromatic heterocycles. The quantitative estimate of drug-likeness (QED) is 0.299. The molecular formula is C26H26Cl2N4O4. The number of carbonyl (C=O) groups is 3. The number of hydrogen-bond donors (Lipinski definition) is 0. The Bertz CT molecular complexity index is 1210. The summed E-state index contributed by atoms with van der Waals surface area (Å²) in [5.41, 5.74) is 0.553. The van der Waals surface area contributed by atoms with Gasteiger partial charge in [0.05, 0.1) is 24.4 Å². The molecule has 2 atom stereocenters. The molecule has 1 spiro atoms. The maximum absolute atomic E-state index is 14.1. The monoisotopic (exact) mass is 528 g/mol. The number of benzene rings is 2. The van der Waals surface area contributed by atoms with Gasteiger partial charge < -0.3 is 9.64 Å². The number of amides is 3. The molecule has 2 aromatic rings. The van der Waals surface area contributed by atoms with Crippen LogP contribution >= 0.6 is 23.2 Å². The van der Waals surface area contributed by atoms with Crippen molar-refractivity contribution in [2.24, 2.45) is 0 Å². The Labute approximate surface area is 219 Å². The molecule has 2 fully saturated rings. The van der Waals surface area contributed by atoms with E-state index in [0.717, 1.165) is 16.9 Å². The summed E-state index contributed by atoms with van der Waals surface area (Å²) in [4.78, 5) is 43.9. The number of esters is 1. The fourth-order valence-corrected chi connectivity index (χ4v) is 5.68. The molecule has 10 heteroatoms. The second-order valence-corrected chi connectivity index (χ2v) is 9.96. The Morgan fingerprint density at radius 1 is 1.14 bits per heavy atom. The number of halogens is 2. The molecule has 4 rings (SSSR count). The van der Waals surface area contributed by atoms with E-state index in [1.54, 1.807) is 37.4 Å². The summed E-state index contributed by atoms with van der Waals surface area (Å²) in [5, 5.41) is 9.86. The van der Waals surface area contributed by atoms with Gasteiger partial charge in [0.15, 0.2) is 0 Å². The van der Waals surface area contributed by atoms with Crippen LogP contribution < -0.4 is 4.90 Å². The van der Waals surface area contributed by atoms with Gasteiger partial charge in [-0.25, -0.2) is 9.69 Å². The number of ether oxygens (including phenoxy) is 1. The molecule has 0 aliphatic carbocycles. The van der Waals surface area contributed by atoms with Gasteiger partial charge in [0.25, 0.3) is 5.91 Å². The van der Waals surface area contributed by atoms with Crippen LogP contribution in [0.25, 0.3) is 0 Å². The van der Waals surface area contributed by atoms with Gasteiger partial charge in [-0.05, 0) is 55.3 Å². The number of imide groups is 1. The van der Waals surface area contributed by atoms with Crippen molar-refractivity contribution >= 4 is 46.8 Å². The standard InChI is InChI=1S/C26H26Cl2N4O4/c1-30-25(35)32(21-12-19(27)11-20(28)13-21)24(34)26(30)16-31(10-4-3-5-23(33)36-2)15-22(26)18-8-6-17(14-29)7-9-18/h6-9,11-13,22H,3-5,10,15-16H2,1-2H3/t22-,26-/m1/s1. The molecule has 2 aromatic carbocycles. The van der Waals surface area contributed by atoms with Crippen LogP contribution in [0.4, 0.5) is 10.5 Å². The lowest BCUT2D eigenvalue weighted by Crippen LogP contribution is -2.53. The van der Waals surface area contributed by atoms with Crippen LogP contribution in [0.15, 0.2) is 42.5 Å². The Kier molecular flexibility index (Phi) is 7.55. The van der Waals surface area contributed by atoms with E-state index >= 15 is 0 Å². The zero-order chi connectivity index (χ0) is 26.0. The van der Waals surface area contributed by atoms with Crippen molar-refractivity contribution in [3.8, 4) is 6.07 Å². The molecule has 8 nitrogen and oxygen atoms in total. The van der Waals surface area contributed by atoms with Crippen LogP contribution in [0.2, 0.25) is 10.0 Å². The minimum Gasteiger partial charge on any atom is -0.469 e. The summed E-state index contributed by atoms with van der Waals surface area (Å²) < 4.78 is 4.71. The molecule has 36 heavy (non-hydrogen) atoms. The largest absolute Gasteiger partial charge is 0.469 e. The van der Waals surface area contributed by atoms with Crippen molar-refractivity contribution < 1.29 is 19.1 Å². The first-order valence-electron chi connectivity index (χ1n) is 11.6. The van der Waals surface area contributed by atoms with Crippen LogP contribution in [0.1, 0.15) is 36.3 Å². The third-order valence-corrected chi connectivity index (χ3v) is 7.45. The maximum atomic E-state index is 14.1. The Hall–Kier alpha value is -3.12. The van der Waals surface area contributed by atoms with Gasteiger partial charge in [0.2, 0.25) is 0 Å². The van der Waals surface area contributed by atoms with Crippen molar-refractivity contribution in [1.82, 2.24) is 9.80 Å². The van der Waals surface area contributed by atoms with E-state index in [-0.39, 0.29) is 17.8 Å². The lowest BCUT2D eigenvalue weighted by atomic mass is 9.80. The molecule has 0 unspecified atom stereocenters. The van der Waals surface area contributed by atoms with Crippen LogP contribution in [0.5, 0.6) is 0 Å². The molecule has 0 bridgehead atoms. The number of unbranched alkanes of at least 4 members (excludes halogenated alkanes) is 1. The van der Waals surface area contributed by atoms with Crippen LogP contribution in [0.3, 0.4) is 0 Å². The van der Waals surface area contributed by atoms with Gasteiger partial charge in [-0.15, -0.1) is 0 Å². The van der Waals surface area contributed by atoms with Gasteiger partial charge in [-0.1, -0.05) is 35.3 Å². The summed E-state index contributed by atoms with van der Waals surface area (Å²) in [6, 6.07) is 13.4. The van der Waals surface area contributed by atoms with Crippen molar-refractivity contribution in [2.75, 3.05) is 38.7 Å². The highest BCUT2D eigenvalue weighted by Crippen LogP contribution is 2.46. The van der Waals surface area contributed by atoms with Gasteiger partial charge in [0.1, 0.15) is 5.54 Å². The van der Waals surface area contributed by atoms with Crippen LogP contribution in [0, 0.1) is 11.3 Å². The van der Waals surface area contributed by atoms with Gasteiger partial charge in [0, 0.05) is 42.5 Å². The van der Waals surface area contributed by atoms with Gasteiger partial charge in [-0.2, -0.15) is 5.26 Å². The average Bonchev–Trinajstić information content (AvgIpc) is 3.33. The highest BCUT2D eigenvalue weighted by Gasteiger charge is 2.64. The first kappa shape index (κ1) is 26.0. The first-order valence-corrected chi connectivity index (χ1v) is 12.3. The molecular weight excluding hydrogens is 503 g/mol. The summed E-state index contributed by atoms with van der Waals surface area (Å²) in [5.74, 6) is -0.929. The van der Waals surface area contributed by atoms with Crippen molar-refractivity contribution in [3.05, 3.63) is 63.6 Å². The summed E-state index contributed by atoms with van der Waals surface area (Å²) in [7, 11) is 3.01. The topological polar surface area (TPSA) is 94.0 Å². The summed E-state index contributed by atoms with van der Waals surface area (Å²) >= 11 is 12.4. The fraction of sp³-hybridized carbons (Fsp3) is 0.385. The maximum Gasteiger partial charge on any atom is 0.332 e. The normalized spacial score (nSPS) is 21.9. The predicted molar refractivity (Wildman–Crippen MR) is 136 cm³/mol. The lowest BCUT2D eigenvalue weighted by molar-refractivity contribution is -0.140. The zero-order valence-corrected chi connectivity index (χ0v) is 21.6. The van der Waals surface area contributed by atoms with Crippen LogP contribution in [-0.4, -0.2) is 67.0 Å². The number of likely N-dealkylation sites (N-methyl/N-ethyl adjacent to an activating group) is 1. The Morgan fingerprint density at radius 2 is 1.81 bits per heavy atom. The van der Waals surface area contributed by atoms with E-state index in [2.05, 4.69) is 11.0 Å². The SMILES string of the molecule is COC(=O)CCCCN1C[C@H](c2ccc(C#N)cc2)[C@]2(C1)C(=O)N(c1cc(Cl)cc(Cl)c1)C(=O)N2C. The molecule has 0 saturated carbocycles. The molecule has 0 radical (unpaired) electrons. The average molecular weight is 529 g/mol. The number of anilines is 1. The zero-order valence-electron chi connectivity index (χ0n) is 20.0. The lowest BCUT2D eigenvalue weighted by Gasteiger charge is -2.34. The highest BCUT2D eigenvalue weighted by molar-refractivity contribution is 6.35. The van der Waals surface area contributed by atoms with E-state index in [0.29, 0.717) is 53.8 Å². The number of urea groups is 1. The van der Waals surface area contributed by atoms with Crippen molar-refractivity contribution in [3.63, 3.8) is 0 Å². The molecule has 2 saturated heterocycles. The molecule has 2 heterocycles. The number of likely N-dealkylation sites (tertiary alicyclic amines) is 1. The van der Waals surface area contributed by atoms with E-state index in [4.69, 9.17) is 27.9 Å². The van der Waals surface area contributed by atoms with E-state index < -0.39 is 11.6 Å². The second-order valence-electron chi connectivity index (χ2n) is 9.09. The van der Waals surface area contributed by atoms with Crippen molar-refractivity contribution in [2.45, 2.75) is 30.7 Å². The predicted octanol–water partition coefficient (Wildman–Crippen LogP) is 4.44. The minimum absolute atomic E-state index is 0.254. The molecule has 0 N–H and O–H groups in total. The summed E-state index contributed by atoms with van der Waals surface area (Å²) in [6.07, 6.45) is 1.73. The first-order chi connectivity index (χ1) is 17.2. The van der Waals surface area contributed by atoms with E-state index in [1.807, 2.05) is 12.1 Å². The number of methoxy groups -OCH3 is 1. The van der Waals surface area contributed by atoms with E-state index in [1.165, 1.54) is 12.0 Å². The molecule has 188 valence electrons. The Morgan fingerprint density at radius 3 is 2.42 bits per heavy atom. The molecule has 2 aliphatic rings. The Balaban J connectivity index is 1.68. The minimum atomic E-state index is -1.15. The van der Waals surface area contributed by atoms with Gasteiger partial charge in [-0.3, -0.25) is 14.5 Å². The fourth-order valence-electron chi connectivity index (χ4n) is 5.17.